The monoisotopic (exact) mass is 270 g/mol. The molecule has 1 aromatic heterocycles. The van der Waals surface area contributed by atoms with Crippen molar-refractivity contribution in [3.8, 4) is 11.8 Å². The number of hydrogen-bond donors (Lipinski definition) is 2. The lowest BCUT2D eigenvalue weighted by molar-refractivity contribution is 0.413. The molecule has 104 valence electrons. The van der Waals surface area contributed by atoms with Gasteiger partial charge in [-0.2, -0.15) is 5.26 Å². The first-order valence-electron chi connectivity index (χ1n) is 6.58. The lowest BCUT2D eigenvalue weighted by atomic mass is 10.1. The average molecular weight is 270 g/mol. The summed E-state index contributed by atoms with van der Waals surface area (Å²) in [7, 11) is 1.57. The normalized spacial score (nSPS) is 11.8. The molecule has 0 fully saturated rings. The summed E-state index contributed by atoms with van der Waals surface area (Å²) in [5, 5.41) is 12.5. The van der Waals surface area contributed by atoms with Crippen LogP contribution in [0.4, 0.5) is 0 Å². The van der Waals surface area contributed by atoms with Crippen LogP contribution >= 0.6 is 0 Å². The highest BCUT2D eigenvalue weighted by Crippen LogP contribution is 2.19. The van der Waals surface area contributed by atoms with Gasteiger partial charge in [0, 0.05) is 18.9 Å². The maximum absolute atomic E-state index is 9.08. The molecule has 2 aromatic rings. The van der Waals surface area contributed by atoms with Gasteiger partial charge in [-0.05, 0) is 24.1 Å². The second-order valence-corrected chi connectivity index (χ2v) is 4.46. The van der Waals surface area contributed by atoms with Gasteiger partial charge >= 0.3 is 0 Å². The van der Waals surface area contributed by atoms with E-state index in [1.54, 1.807) is 13.3 Å². The molecule has 0 bridgehead atoms. The Morgan fingerprint density at radius 1 is 1.50 bits per heavy atom. The van der Waals surface area contributed by atoms with Crippen molar-refractivity contribution in [2.75, 3.05) is 7.11 Å². The van der Waals surface area contributed by atoms with Crippen LogP contribution < -0.4 is 10.1 Å². The van der Waals surface area contributed by atoms with E-state index in [2.05, 4.69) is 28.3 Å². The molecular weight excluding hydrogens is 252 g/mol. The van der Waals surface area contributed by atoms with Gasteiger partial charge in [0.1, 0.15) is 17.6 Å². The lowest BCUT2D eigenvalue weighted by Gasteiger charge is -2.15. The number of aromatic amines is 1. The van der Waals surface area contributed by atoms with Gasteiger partial charge in [0.2, 0.25) is 0 Å². The van der Waals surface area contributed by atoms with Gasteiger partial charge in [0.15, 0.2) is 0 Å². The number of imidazole rings is 1. The number of ether oxygens (including phenoxy) is 1. The van der Waals surface area contributed by atoms with Crippen molar-refractivity contribution in [3.05, 3.63) is 47.5 Å². The Morgan fingerprint density at radius 2 is 2.35 bits per heavy atom. The minimum atomic E-state index is 0.178. The highest BCUT2D eigenvalue weighted by atomic mass is 16.5. The Hall–Kier alpha value is -2.32. The molecule has 0 aliphatic rings. The Kier molecular flexibility index (Phi) is 4.75. The van der Waals surface area contributed by atoms with E-state index >= 15 is 0 Å². The molecule has 2 N–H and O–H groups in total. The van der Waals surface area contributed by atoms with Gasteiger partial charge in [-0.15, -0.1) is 0 Å². The number of H-pyrrole nitrogens is 1. The second-order valence-electron chi connectivity index (χ2n) is 4.46. The molecule has 0 aliphatic heterocycles. The maximum atomic E-state index is 9.08. The van der Waals surface area contributed by atoms with Crippen LogP contribution in [0.15, 0.2) is 30.6 Å². The summed E-state index contributed by atoms with van der Waals surface area (Å²) in [6.07, 6.45) is 4.51. The summed E-state index contributed by atoms with van der Waals surface area (Å²) in [4.78, 5) is 7.39. The number of methoxy groups -OCH3 is 1. The molecule has 0 aliphatic carbocycles. The summed E-state index contributed by atoms with van der Waals surface area (Å²) < 4.78 is 5.14. The smallest absolute Gasteiger partial charge is 0.136 e. The molecule has 0 spiro atoms. The van der Waals surface area contributed by atoms with Crippen molar-refractivity contribution < 1.29 is 4.74 Å². The average Bonchev–Trinajstić information content (AvgIpc) is 3.02. The number of benzene rings is 1. The van der Waals surface area contributed by atoms with Crippen molar-refractivity contribution in [2.24, 2.45) is 0 Å². The molecular formula is C15H18N4O. The fraction of sp³-hybridized carbons (Fsp3) is 0.333. The number of rotatable bonds is 6. The number of nitrogens with one attached hydrogen (secondary N) is 2. The molecule has 0 amide bonds. The maximum Gasteiger partial charge on any atom is 0.136 e. The molecule has 1 unspecified atom stereocenters. The van der Waals surface area contributed by atoms with Gasteiger partial charge in [-0.25, -0.2) is 4.98 Å². The number of hydrogen-bond acceptors (Lipinski definition) is 4. The first-order valence-corrected chi connectivity index (χ1v) is 6.58. The van der Waals surface area contributed by atoms with Crippen molar-refractivity contribution in [3.63, 3.8) is 0 Å². The zero-order chi connectivity index (χ0) is 14.4. The van der Waals surface area contributed by atoms with Crippen LogP contribution in [0.1, 0.15) is 36.3 Å². The number of aromatic nitrogens is 2. The van der Waals surface area contributed by atoms with Crippen LogP contribution in [-0.2, 0) is 6.54 Å². The van der Waals surface area contributed by atoms with E-state index in [0.29, 0.717) is 17.9 Å². The summed E-state index contributed by atoms with van der Waals surface area (Å²) in [5.41, 5.74) is 1.60. The van der Waals surface area contributed by atoms with E-state index in [-0.39, 0.29) is 6.04 Å². The minimum Gasteiger partial charge on any atom is -0.495 e. The number of nitriles is 1. The van der Waals surface area contributed by atoms with E-state index in [1.165, 1.54) is 0 Å². The summed E-state index contributed by atoms with van der Waals surface area (Å²) in [6, 6.07) is 7.95. The third-order valence-electron chi connectivity index (χ3n) is 3.19. The second kappa shape index (κ2) is 6.73. The zero-order valence-corrected chi connectivity index (χ0v) is 11.7. The van der Waals surface area contributed by atoms with Crippen LogP contribution in [-0.4, -0.2) is 17.1 Å². The van der Waals surface area contributed by atoms with E-state index < -0.39 is 0 Å². The first kappa shape index (κ1) is 14.1. The molecule has 20 heavy (non-hydrogen) atoms. The van der Waals surface area contributed by atoms with Crippen LogP contribution in [0, 0.1) is 11.3 Å². The molecule has 0 radical (unpaired) electrons. The fourth-order valence-corrected chi connectivity index (χ4v) is 2.10. The summed E-state index contributed by atoms with van der Waals surface area (Å²) in [6.45, 7) is 2.78. The molecule has 1 atom stereocenters. The van der Waals surface area contributed by atoms with E-state index in [1.807, 2.05) is 24.4 Å². The van der Waals surface area contributed by atoms with Crippen LogP contribution in [0.2, 0.25) is 0 Å². The zero-order valence-electron chi connectivity index (χ0n) is 11.7. The van der Waals surface area contributed by atoms with Crippen molar-refractivity contribution in [2.45, 2.75) is 25.9 Å². The van der Waals surface area contributed by atoms with Crippen molar-refractivity contribution >= 4 is 0 Å². The van der Waals surface area contributed by atoms with Gasteiger partial charge in [0.05, 0.1) is 18.7 Å². The molecule has 1 heterocycles. The Balaban J connectivity index is 2.05. The van der Waals surface area contributed by atoms with Crippen LogP contribution in [0.3, 0.4) is 0 Å². The summed E-state index contributed by atoms with van der Waals surface area (Å²) >= 11 is 0. The van der Waals surface area contributed by atoms with Gasteiger partial charge in [-0.1, -0.05) is 13.0 Å². The largest absolute Gasteiger partial charge is 0.495 e. The summed E-state index contributed by atoms with van der Waals surface area (Å²) in [5.74, 6) is 1.54. The van der Waals surface area contributed by atoms with E-state index in [9.17, 15) is 0 Å². The molecule has 0 saturated carbocycles. The standard InChI is InChI=1S/C15H18N4O/c1-3-13(15-17-6-7-18-15)19-10-11-4-5-14(20-2)12(8-11)9-16/h4-8,13,19H,3,10H2,1-2H3,(H,17,18). The predicted molar refractivity (Wildman–Crippen MR) is 76.2 cm³/mol. The molecule has 5 nitrogen and oxygen atoms in total. The van der Waals surface area contributed by atoms with Crippen LogP contribution in [0.25, 0.3) is 0 Å². The SMILES string of the molecule is CCC(NCc1ccc(OC)c(C#N)c1)c1ncc[nH]1. The third kappa shape index (κ3) is 3.16. The van der Waals surface area contributed by atoms with Gasteiger partial charge in [-0.3, -0.25) is 0 Å². The number of nitrogens with zero attached hydrogens (tertiary/aromatic N) is 2. The van der Waals surface area contributed by atoms with E-state index in [0.717, 1.165) is 17.8 Å². The Morgan fingerprint density at radius 3 is 2.95 bits per heavy atom. The highest BCUT2D eigenvalue weighted by Gasteiger charge is 2.11. The Labute approximate surface area is 118 Å². The van der Waals surface area contributed by atoms with Crippen molar-refractivity contribution in [1.29, 1.82) is 5.26 Å². The molecule has 1 aromatic carbocycles. The lowest BCUT2D eigenvalue weighted by Crippen LogP contribution is -2.21. The third-order valence-corrected chi connectivity index (χ3v) is 3.19. The minimum absolute atomic E-state index is 0.178. The predicted octanol–water partition coefficient (Wildman–Crippen LogP) is 2.53. The van der Waals surface area contributed by atoms with E-state index in [4.69, 9.17) is 10.00 Å². The topological polar surface area (TPSA) is 73.7 Å². The first-order chi connectivity index (χ1) is 9.78. The van der Waals surface area contributed by atoms with Gasteiger partial charge in [0.25, 0.3) is 0 Å². The highest BCUT2D eigenvalue weighted by molar-refractivity contribution is 5.45. The quantitative estimate of drug-likeness (QED) is 0.846. The molecule has 0 saturated heterocycles. The van der Waals surface area contributed by atoms with Gasteiger partial charge < -0.3 is 15.0 Å². The Bertz CT molecular complexity index is 586. The van der Waals surface area contributed by atoms with Crippen molar-refractivity contribution in [1.82, 2.24) is 15.3 Å². The molecule has 5 heteroatoms. The fourth-order valence-electron chi connectivity index (χ4n) is 2.10. The van der Waals surface area contributed by atoms with Crippen LogP contribution in [0.5, 0.6) is 5.75 Å². The molecule has 2 rings (SSSR count).